The van der Waals surface area contributed by atoms with Crippen LogP contribution >= 0.6 is 23.4 Å². The maximum Gasteiger partial charge on any atom is 0.266 e. The molecule has 7 heteroatoms. The van der Waals surface area contributed by atoms with Gasteiger partial charge in [0.2, 0.25) is 0 Å². The normalized spacial score (nSPS) is 11.4. The van der Waals surface area contributed by atoms with Crippen molar-refractivity contribution >= 4 is 46.4 Å². The summed E-state index contributed by atoms with van der Waals surface area (Å²) in [5, 5.41) is 1.37. The quantitative estimate of drug-likeness (QED) is 0.131. The van der Waals surface area contributed by atoms with Gasteiger partial charge in [-0.05, 0) is 65.7 Å². The first-order chi connectivity index (χ1) is 17.5. The second-order valence-electron chi connectivity index (χ2n) is 8.03. The molecule has 0 radical (unpaired) electrons. The monoisotopic (exact) mass is 516 g/mol. The Labute approximate surface area is 215 Å². The first kappa shape index (κ1) is 24.0. The van der Waals surface area contributed by atoms with Crippen molar-refractivity contribution in [3.05, 3.63) is 135 Å². The zero-order valence-electron chi connectivity index (χ0n) is 18.9. The molecular weight excluding hydrogens is 498 g/mol. The predicted octanol–water partition coefficient (Wildman–Crippen LogP) is 7.78. The van der Waals surface area contributed by atoms with Crippen LogP contribution in [-0.4, -0.2) is 9.55 Å². The molecule has 5 rings (SSSR count). The van der Waals surface area contributed by atoms with Gasteiger partial charge in [0.05, 0.1) is 21.6 Å². The van der Waals surface area contributed by atoms with Crippen LogP contribution in [0.5, 0.6) is 0 Å². The van der Waals surface area contributed by atoms with Gasteiger partial charge in [-0.15, -0.1) is 0 Å². The Morgan fingerprint density at radius 1 is 0.861 bits per heavy atom. The largest absolute Gasteiger partial charge is 0.268 e. The second-order valence-corrected chi connectivity index (χ2v) is 9.38. The molecule has 0 saturated heterocycles. The summed E-state index contributed by atoms with van der Waals surface area (Å²) in [6.07, 6.45) is 3.46. The topological polar surface area (TPSA) is 34.9 Å². The molecular formula is C29H19ClF2N2OS. The SMILES string of the molecule is O=c1c2ccccc2nc(SCc2ccc(/C=C/c3c(F)cccc3Cl)cc2)n1-c1ccc(F)cc1. The minimum atomic E-state index is -0.374. The highest BCUT2D eigenvalue weighted by atomic mass is 35.5. The third-order valence-corrected chi connectivity index (χ3v) is 6.96. The zero-order valence-corrected chi connectivity index (χ0v) is 20.4. The first-order valence-electron chi connectivity index (χ1n) is 11.1. The number of fused-ring (bicyclic) bond motifs is 1. The van der Waals surface area contributed by atoms with Gasteiger partial charge in [-0.25, -0.2) is 13.8 Å². The Kier molecular flexibility index (Phi) is 6.98. The average Bonchev–Trinajstić information content (AvgIpc) is 2.89. The summed E-state index contributed by atoms with van der Waals surface area (Å²) in [5.41, 5.74) is 3.22. The van der Waals surface area contributed by atoms with E-state index in [4.69, 9.17) is 16.6 Å². The van der Waals surface area contributed by atoms with Crippen molar-refractivity contribution in [2.45, 2.75) is 10.9 Å². The van der Waals surface area contributed by atoms with Crippen molar-refractivity contribution in [3.8, 4) is 5.69 Å². The third-order valence-electron chi connectivity index (χ3n) is 5.62. The van der Waals surface area contributed by atoms with Crippen LogP contribution in [0.4, 0.5) is 8.78 Å². The summed E-state index contributed by atoms with van der Waals surface area (Å²) < 4.78 is 29.0. The van der Waals surface area contributed by atoms with Crippen LogP contribution in [0, 0.1) is 11.6 Å². The standard InChI is InChI=1S/C29H19ClF2N2OS/c30-25-5-3-6-26(32)23(25)17-12-19-8-10-20(11-9-19)18-36-29-33-27-7-2-1-4-24(27)28(35)34(29)22-15-13-21(31)14-16-22/h1-17H,18H2/b17-12+. The van der Waals surface area contributed by atoms with Gasteiger partial charge in [-0.1, -0.05) is 71.9 Å². The van der Waals surface area contributed by atoms with Crippen LogP contribution in [0.25, 0.3) is 28.7 Å². The molecule has 0 amide bonds. The molecule has 0 fully saturated rings. The van der Waals surface area contributed by atoms with Crippen molar-refractivity contribution in [2.75, 3.05) is 0 Å². The number of aromatic nitrogens is 2. The summed E-state index contributed by atoms with van der Waals surface area (Å²) in [6.45, 7) is 0. The van der Waals surface area contributed by atoms with Crippen LogP contribution in [-0.2, 0) is 5.75 Å². The van der Waals surface area contributed by atoms with Crippen molar-refractivity contribution in [1.82, 2.24) is 9.55 Å². The summed E-state index contributed by atoms with van der Waals surface area (Å²) >= 11 is 7.51. The molecule has 0 N–H and O–H groups in total. The molecule has 0 bridgehead atoms. The number of nitrogens with zero attached hydrogens (tertiary/aromatic N) is 2. The smallest absolute Gasteiger partial charge is 0.266 e. The number of benzene rings is 4. The lowest BCUT2D eigenvalue weighted by Crippen LogP contribution is -2.21. The maximum absolute atomic E-state index is 14.0. The zero-order chi connectivity index (χ0) is 25.1. The van der Waals surface area contributed by atoms with E-state index in [1.807, 2.05) is 30.3 Å². The predicted molar refractivity (Wildman–Crippen MR) is 144 cm³/mol. The van der Waals surface area contributed by atoms with Gasteiger partial charge in [0.25, 0.3) is 5.56 Å². The lowest BCUT2D eigenvalue weighted by molar-refractivity contribution is 0.625. The van der Waals surface area contributed by atoms with E-state index in [0.717, 1.165) is 11.1 Å². The molecule has 4 aromatic carbocycles. The van der Waals surface area contributed by atoms with Gasteiger partial charge in [0, 0.05) is 11.3 Å². The van der Waals surface area contributed by atoms with Crippen molar-refractivity contribution in [1.29, 1.82) is 0 Å². The Bertz CT molecular complexity index is 1610. The molecule has 1 heterocycles. The van der Waals surface area contributed by atoms with Crippen molar-refractivity contribution in [3.63, 3.8) is 0 Å². The fourth-order valence-electron chi connectivity index (χ4n) is 3.75. The van der Waals surface area contributed by atoms with Gasteiger partial charge in [0.15, 0.2) is 5.16 Å². The third kappa shape index (κ3) is 5.10. The Balaban J connectivity index is 1.40. The molecule has 178 valence electrons. The lowest BCUT2D eigenvalue weighted by atomic mass is 10.1. The first-order valence-corrected chi connectivity index (χ1v) is 12.5. The Hall–Kier alpha value is -3.74. The van der Waals surface area contributed by atoms with E-state index in [1.165, 1.54) is 34.5 Å². The van der Waals surface area contributed by atoms with Crippen LogP contribution in [0.15, 0.2) is 101 Å². The highest BCUT2D eigenvalue weighted by Crippen LogP contribution is 2.26. The molecule has 0 aliphatic carbocycles. The number of para-hydroxylation sites is 1. The number of hydrogen-bond acceptors (Lipinski definition) is 3. The fraction of sp³-hybridized carbons (Fsp3) is 0.0345. The molecule has 0 atom stereocenters. The Morgan fingerprint density at radius 3 is 2.36 bits per heavy atom. The van der Waals surface area contributed by atoms with Gasteiger partial charge < -0.3 is 0 Å². The van der Waals surface area contributed by atoms with Gasteiger partial charge in [-0.2, -0.15) is 0 Å². The van der Waals surface area contributed by atoms with E-state index in [2.05, 4.69) is 0 Å². The number of thioether (sulfide) groups is 1. The molecule has 0 aliphatic heterocycles. The maximum atomic E-state index is 14.0. The summed E-state index contributed by atoms with van der Waals surface area (Å²) in [7, 11) is 0. The highest BCUT2D eigenvalue weighted by Gasteiger charge is 2.13. The minimum Gasteiger partial charge on any atom is -0.268 e. The lowest BCUT2D eigenvalue weighted by Gasteiger charge is -2.13. The molecule has 3 nitrogen and oxygen atoms in total. The second kappa shape index (κ2) is 10.5. The summed E-state index contributed by atoms with van der Waals surface area (Å²) in [6, 6.07) is 25.4. The van der Waals surface area contributed by atoms with E-state index in [1.54, 1.807) is 54.6 Å². The Morgan fingerprint density at radius 2 is 1.61 bits per heavy atom. The minimum absolute atomic E-state index is 0.206. The highest BCUT2D eigenvalue weighted by molar-refractivity contribution is 7.98. The van der Waals surface area contributed by atoms with Crippen LogP contribution < -0.4 is 5.56 Å². The molecule has 0 saturated carbocycles. The van der Waals surface area contributed by atoms with Gasteiger partial charge in [0.1, 0.15) is 11.6 Å². The fourth-order valence-corrected chi connectivity index (χ4v) is 4.94. The van der Waals surface area contributed by atoms with E-state index < -0.39 is 0 Å². The molecule has 36 heavy (non-hydrogen) atoms. The molecule has 5 aromatic rings. The average molecular weight is 517 g/mol. The van der Waals surface area contributed by atoms with E-state index in [9.17, 15) is 13.6 Å². The number of hydrogen-bond donors (Lipinski definition) is 0. The van der Waals surface area contributed by atoms with E-state index in [-0.39, 0.29) is 17.2 Å². The number of halogens is 3. The van der Waals surface area contributed by atoms with E-state index in [0.29, 0.717) is 38.1 Å². The molecule has 0 aliphatic rings. The molecule has 0 unspecified atom stereocenters. The van der Waals surface area contributed by atoms with Crippen LogP contribution in [0.1, 0.15) is 16.7 Å². The van der Waals surface area contributed by atoms with Crippen LogP contribution in [0.3, 0.4) is 0 Å². The van der Waals surface area contributed by atoms with Gasteiger partial charge >= 0.3 is 0 Å². The summed E-state index contributed by atoms with van der Waals surface area (Å²) in [4.78, 5) is 18.0. The van der Waals surface area contributed by atoms with E-state index >= 15 is 0 Å². The number of rotatable bonds is 6. The van der Waals surface area contributed by atoms with Crippen LogP contribution in [0.2, 0.25) is 5.02 Å². The van der Waals surface area contributed by atoms with Crippen molar-refractivity contribution < 1.29 is 8.78 Å². The van der Waals surface area contributed by atoms with Gasteiger partial charge in [-0.3, -0.25) is 9.36 Å². The molecule has 0 spiro atoms. The molecule has 1 aromatic heterocycles. The van der Waals surface area contributed by atoms with Crippen molar-refractivity contribution in [2.24, 2.45) is 0 Å². The summed E-state index contributed by atoms with van der Waals surface area (Å²) in [5.74, 6) is -0.183.